The number of hydrogen-bond acceptors (Lipinski definition) is 6. The molecule has 0 amide bonds. The molecule has 0 aliphatic rings. The second kappa shape index (κ2) is 13.0. The molecule has 0 N–H and O–H groups in total. The van der Waals surface area contributed by atoms with Crippen molar-refractivity contribution in [3.63, 3.8) is 0 Å². The summed E-state index contributed by atoms with van der Waals surface area (Å²) in [7, 11) is 0. The van der Waals surface area contributed by atoms with Gasteiger partial charge in [-0.05, 0) is 38.8 Å². The monoisotopic (exact) mass is 454 g/mol. The molecule has 176 valence electrons. The van der Waals surface area contributed by atoms with E-state index in [0.717, 1.165) is 45.6 Å². The molecule has 0 bridgehead atoms. The second-order valence-corrected chi connectivity index (χ2v) is 7.08. The highest BCUT2D eigenvalue weighted by Crippen LogP contribution is 2.19. The molecule has 0 aliphatic carbocycles. The number of nitrogens with zero attached hydrogens (tertiary/aromatic N) is 6. The van der Waals surface area contributed by atoms with Crippen LogP contribution < -0.4 is 0 Å². The van der Waals surface area contributed by atoms with Crippen LogP contribution in [0.15, 0.2) is 48.5 Å². The van der Waals surface area contributed by atoms with Gasteiger partial charge in [0.2, 0.25) is 0 Å². The van der Waals surface area contributed by atoms with Crippen molar-refractivity contribution in [1.29, 1.82) is 0 Å². The van der Waals surface area contributed by atoms with Gasteiger partial charge in [0.15, 0.2) is 11.6 Å². The molecule has 0 saturated heterocycles. The van der Waals surface area contributed by atoms with Gasteiger partial charge in [-0.2, -0.15) is 0 Å². The van der Waals surface area contributed by atoms with E-state index in [1.54, 1.807) is 0 Å². The molecule has 0 saturated carbocycles. The molecule has 6 heteroatoms. The van der Waals surface area contributed by atoms with Crippen LogP contribution in [0.4, 0.5) is 0 Å². The summed E-state index contributed by atoms with van der Waals surface area (Å²) < 4.78 is 0. The molecule has 0 atom stereocenters. The molecule has 0 radical (unpaired) electrons. The van der Waals surface area contributed by atoms with Crippen molar-refractivity contribution in [2.45, 2.75) is 55.4 Å². The Hall–Kier alpha value is -3.80. The summed E-state index contributed by atoms with van der Waals surface area (Å²) in [6.45, 7) is 15.5. The summed E-state index contributed by atoms with van der Waals surface area (Å²) in [5, 5.41) is 0. The number of aromatic nitrogens is 6. The van der Waals surface area contributed by atoms with Crippen LogP contribution in [0.3, 0.4) is 0 Å². The molecule has 0 spiro atoms. The van der Waals surface area contributed by atoms with Crippen LogP contribution >= 0.6 is 0 Å². The minimum Gasteiger partial charge on any atom is -0.219 e. The van der Waals surface area contributed by atoms with E-state index in [4.69, 9.17) is 0 Å². The third-order valence-corrected chi connectivity index (χ3v) is 4.52. The van der Waals surface area contributed by atoms with Gasteiger partial charge in [0.25, 0.3) is 0 Å². The fourth-order valence-electron chi connectivity index (χ4n) is 3.17. The molecule has 2 aromatic carbocycles. The van der Waals surface area contributed by atoms with Crippen molar-refractivity contribution in [2.24, 2.45) is 0 Å². The van der Waals surface area contributed by atoms with E-state index >= 15 is 0 Å². The van der Waals surface area contributed by atoms with Gasteiger partial charge in [-0.25, -0.2) is 29.9 Å². The van der Waals surface area contributed by atoms with E-state index < -0.39 is 0 Å². The maximum atomic E-state index is 4.42. The predicted molar refractivity (Wildman–Crippen MR) is 141 cm³/mol. The van der Waals surface area contributed by atoms with Crippen LogP contribution in [0.25, 0.3) is 34.9 Å². The average Bonchev–Trinajstić information content (AvgIpc) is 2.85. The van der Waals surface area contributed by atoms with Crippen molar-refractivity contribution in [3.05, 3.63) is 83.0 Å². The lowest BCUT2D eigenvalue weighted by Crippen LogP contribution is -1.98. The third-order valence-electron chi connectivity index (χ3n) is 4.52. The lowest BCUT2D eigenvalue weighted by molar-refractivity contribution is 0.928. The van der Waals surface area contributed by atoms with Crippen molar-refractivity contribution >= 4 is 12.2 Å². The quantitative estimate of drug-likeness (QED) is 0.314. The zero-order chi connectivity index (χ0) is 25.1. The van der Waals surface area contributed by atoms with Gasteiger partial charge >= 0.3 is 0 Å². The second-order valence-electron chi connectivity index (χ2n) is 7.08. The van der Waals surface area contributed by atoms with E-state index in [0.29, 0.717) is 11.6 Å². The highest BCUT2D eigenvalue weighted by atomic mass is 15.0. The number of rotatable bonds is 4. The van der Waals surface area contributed by atoms with E-state index in [-0.39, 0.29) is 0 Å². The highest BCUT2D eigenvalue weighted by molar-refractivity contribution is 5.72. The Morgan fingerprint density at radius 2 is 0.676 bits per heavy atom. The smallest absolute Gasteiger partial charge is 0.163 e. The molecule has 2 aromatic heterocycles. The molecule has 0 fully saturated rings. The van der Waals surface area contributed by atoms with Crippen molar-refractivity contribution in [1.82, 2.24) is 29.9 Å². The van der Waals surface area contributed by atoms with E-state index in [9.17, 15) is 0 Å². The Morgan fingerprint density at radius 3 is 0.941 bits per heavy atom. The summed E-state index contributed by atoms with van der Waals surface area (Å²) in [6.07, 6.45) is 4.17. The van der Waals surface area contributed by atoms with Crippen LogP contribution in [0.2, 0.25) is 0 Å². The standard InChI is InChI=1S/C24H22N6.2C2H6/c1-15-25-16(2)28-23(27-15)21-11-7-19(8-12-21)5-6-20-9-13-22(14-10-20)24-29-17(3)26-18(4)30-24;2*1-2/h5-14H,1-4H3;2*1-2H3. The molecule has 0 aliphatic heterocycles. The lowest BCUT2D eigenvalue weighted by atomic mass is 10.1. The van der Waals surface area contributed by atoms with Gasteiger partial charge in [-0.1, -0.05) is 88.4 Å². The Balaban J connectivity index is 0.000000970. The van der Waals surface area contributed by atoms with E-state index in [1.807, 2.05) is 79.7 Å². The zero-order valence-corrected chi connectivity index (χ0v) is 21.5. The minimum atomic E-state index is 0.704. The number of hydrogen-bond donors (Lipinski definition) is 0. The van der Waals surface area contributed by atoms with Crippen LogP contribution in [0.5, 0.6) is 0 Å². The van der Waals surface area contributed by atoms with Crippen LogP contribution in [0.1, 0.15) is 62.1 Å². The fourth-order valence-corrected chi connectivity index (χ4v) is 3.17. The zero-order valence-electron chi connectivity index (χ0n) is 21.5. The third kappa shape index (κ3) is 7.37. The summed E-state index contributed by atoms with van der Waals surface area (Å²) in [6, 6.07) is 16.4. The molecule has 4 aromatic rings. The van der Waals surface area contributed by atoms with Gasteiger partial charge in [0, 0.05) is 11.1 Å². The van der Waals surface area contributed by atoms with E-state index in [2.05, 4.69) is 66.3 Å². The first-order valence-electron chi connectivity index (χ1n) is 11.7. The molecule has 0 unspecified atom stereocenters. The van der Waals surface area contributed by atoms with Crippen LogP contribution in [-0.2, 0) is 0 Å². The molecular formula is C28H34N6. The molecule has 4 rings (SSSR count). The number of aryl methyl sites for hydroxylation is 4. The molecular weight excluding hydrogens is 420 g/mol. The maximum absolute atomic E-state index is 4.42. The van der Waals surface area contributed by atoms with Gasteiger partial charge in [-0.3, -0.25) is 0 Å². The Morgan fingerprint density at radius 1 is 0.412 bits per heavy atom. The predicted octanol–water partition coefficient (Wildman–Crippen LogP) is 6.85. The van der Waals surface area contributed by atoms with Crippen molar-refractivity contribution in [3.8, 4) is 22.8 Å². The highest BCUT2D eigenvalue weighted by Gasteiger charge is 2.05. The maximum Gasteiger partial charge on any atom is 0.163 e. The first-order valence-corrected chi connectivity index (χ1v) is 11.7. The van der Waals surface area contributed by atoms with Crippen molar-refractivity contribution in [2.75, 3.05) is 0 Å². The van der Waals surface area contributed by atoms with Crippen LogP contribution in [0, 0.1) is 27.7 Å². The lowest BCUT2D eigenvalue weighted by Gasteiger charge is -2.04. The van der Waals surface area contributed by atoms with Gasteiger partial charge in [-0.15, -0.1) is 0 Å². The summed E-state index contributed by atoms with van der Waals surface area (Å²) in [4.78, 5) is 26.1. The Labute approximate surface area is 203 Å². The summed E-state index contributed by atoms with van der Waals surface area (Å²) >= 11 is 0. The SMILES string of the molecule is CC.CC.Cc1nc(C)nc(-c2ccc(C=Cc3ccc(-c4nc(C)nc(C)n4)cc3)cc2)n1. The normalized spacial score (nSPS) is 10.2. The minimum absolute atomic E-state index is 0.704. The van der Waals surface area contributed by atoms with Crippen molar-refractivity contribution < 1.29 is 0 Å². The van der Waals surface area contributed by atoms with Gasteiger partial charge in [0.1, 0.15) is 23.3 Å². The Bertz CT molecular complexity index is 1080. The van der Waals surface area contributed by atoms with Gasteiger partial charge in [0.05, 0.1) is 0 Å². The van der Waals surface area contributed by atoms with E-state index in [1.165, 1.54) is 0 Å². The molecule has 6 nitrogen and oxygen atoms in total. The van der Waals surface area contributed by atoms with Gasteiger partial charge < -0.3 is 0 Å². The molecule has 2 heterocycles. The fraction of sp³-hybridized carbons (Fsp3) is 0.286. The summed E-state index contributed by atoms with van der Waals surface area (Å²) in [5.41, 5.74) is 4.17. The first-order chi connectivity index (χ1) is 16.5. The first kappa shape index (κ1) is 26.5. The number of benzene rings is 2. The largest absolute Gasteiger partial charge is 0.219 e. The Kier molecular flexibility index (Phi) is 10.1. The van der Waals surface area contributed by atoms with Crippen LogP contribution in [-0.4, -0.2) is 29.9 Å². The topological polar surface area (TPSA) is 77.3 Å². The average molecular weight is 455 g/mol. The summed E-state index contributed by atoms with van der Waals surface area (Å²) in [5.74, 6) is 4.32. The molecule has 34 heavy (non-hydrogen) atoms.